The van der Waals surface area contributed by atoms with Crippen LogP contribution in [0.4, 0.5) is 4.79 Å². The SMILES string of the molecule is COC(=O)c1ncc(CC2=CCN(C(=O)OC(C)(C)C)CC2)o1. The van der Waals surface area contributed by atoms with Crippen LogP contribution in [0.1, 0.15) is 43.6 Å². The molecule has 7 heteroatoms. The average molecular weight is 322 g/mol. The molecule has 0 unspecified atom stereocenters. The first kappa shape index (κ1) is 17.1. The van der Waals surface area contributed by atoms with E-state index in [1.807, 2.05) is 26.8 Å². The van der Waals surface area contributed by atoms with Gasteiger partial charge in [-0.05, 0) is 27.2 Å². The fourth-order valence-electron chi connectivity index (χ4n) is 2.16. The molecule has 2 rings (SSSR count). The third-order valence-corrected chi connectivity index (χ3v) is 3.27. The normalized spacial score (nSPS) is 15.1. The topological polar surface area (TPSA) is 81.9 Å². The molecule has 1 aromatic rings. The van der Waals surface area contributed by atoms with Crippen LogP contribution in [0.25, 0.3) is 0 Å². The summed E-state index contributed by atoms with van der Waals surface area (Å²) in [5, 5.41) is 0. The van der Waals surface area contributed by atoms with Gasteiger partial charge in [0, 0.05) is 19.5 Å². The van der Waals surface area contributed by atoms with Crippen molar-refractivity contribution in [1.82, 2.24) is 9.88 Å². The highest BCUT2D eigenvalue weighted by Crippen LogP contribution is 2.19. The highest BCUT2D eigenvalue weighted by molar-refractivity contribution is 5.83. The molecule has 0 spiro atoms. The Kier molecular flexibility index (Phi) is 5.08. The van der Waals surface area contributed by atoms with Gasteiger partial charge in [-0.3, -0.25) is 0 Å². The largest absolute Gasteiger partial charge is 0.462 e. The van der Waals surface area contributed by atoms with E-state index in [2.05, 4.69) is 9.72 Å². The molecule has 0 bridgehead atoms. The molecule has 23 heavy (non-hydrogen) atoms. The molecule has 0 N–H and O–H groups in total. The minimum absolute atomic E-state index is 0.0470. The van der Waals surface area contributed by atoms with Crippen LogP contribution in [-0.4, -0.2) is 47.7 Å². The summed E-state index contributed by atoms with van der Waals surface area (Å²) in [5.41, 5.74) is 0.642. The standard InChI is InChI=1S/C16H22N2O5/c1-16(2,3)23-15(20)18-7-5-11(6-8-18)9-12-10-17-13(22-12)14(19)21-4/h5,10H,6-9H2,1-4H3. The zero-order valence-electron chi connectivity index (χ0n) is 13.9. The zero-order chi connectivity index (χ0) is 17.0. The second kappa shape index (κ2) is 6.85. The van der Waals surface area contributed by atoms with Crippen LogP contribution in [-0.2, 0) is 15.9 Å². The van der Waals surface area contributed by atoms with Gasteiger partial charge in [0.15, 0.2) is 0 Å². The Labute approximate surface area is 135 Å². The summed E-state index contributed by atoms with van der Waals surface area (Å²) in [5.74, 6) is -0.0402. The van der Waals surface area contributed by atoms with Gasteiger partial charge in [0.05, 0.1) is 13.3 Å². The van der Waals surface area contributed by atoms with E-state index in [4.69, 9.17) is 9.15 Å². The number of carbonyl (C=O) groups is 2. The van der Waals surface area contributed by atoms with Gasteiger partial charge in [0.1, 0.15) is 11.4 Å². The van der Waals surface area contributed by atoms with Crippen LogP contribution in [0.5, 0.6) is 0 Å². The molecule has 0 aromatic carbocycles. The second-order valence-electron chi connectivity index (χ2n) is 6.34. The molecule has 1 aromatic heterocycles. The van der Waals surface area contributed by atoms with Gasteiger partial charge < -0.3 is 18.8 Å². The average Bonchev–Trinajstić information content (AvgIpc) is 2.94. The van der Waals surface area contributed by atoms with Crippen molar-refractivity contribution in [2.75, 3.05) is 20.2 Å². The molecule has 0 atom stereocenters. The van der Waals surface area contributed by atoms with Gasteiger partial charge in [-0.1, -0.05) is 11.6 Å². The van der Waals surface area contributed by atoms with Crippen LogP contribution in [0.15, 0.2) is 22.3 Å². The van der Waals surface area contributed by atoms with Crippen molar-refractivity contribution in [1.29, 1.82) is 0 Å². The predicted octanol–water partition coefficient (Wildman–Crippen LogP) is 2.57. The number of ether oxygens (including phenoxy) is 2. The number of carbonyl (C=O) groups excluding carboxylic acids is 2. The highest BCUT2D eigenvalue weighted by atomic mass is 16.6. The molecule has 0 aliphatic carbocycles. The molecule has 0 fully saturated rings. The Balaban J connectivity index is 1.91. The lowest BCUT2D eigenvalue weighted by Gasteiger charge is -2.29. The molecule has 0 radical (unpaired) electrons. The summed E-state index contributed by atoms with van der Waals surface area (Å²) in [6.07, 6.45) is 4.49. The van der Waals surface area contributed by atoms with Crippen molar-refractivity contribution >= 4 is 12.1 Å². The Hall–Kier alpha value is -2.31. The second-order valence-corrected chi connectivity index (χ2v) is 6.34. The minimum atomic E-state index is -0.593. The Morgan fingerprint density at radius 1 is 1.39 bits per heavy atom. The molecule has 1 amide bonds. The van der Waals surface area contributed by atoms with Gasteiger partial charge in [-0.15, -0.1) is 0 Å². The third-order valence-electron chi connectivity index (χ3n) is 3.27. The molecule has 1 aliphatic rings. The Morgan fingerprint density at radius 2 is 2.13 bits per heavy atom. The minimum Gasteiger partial charge on any atom is -0.462 e. The number of rotatable bonds is 3. The first-order valence-corrected chi connectivity index (χ1v) is 7.47. The summed E-state index contributed by atoms with van der Waals surface area (Å²) >= 11 is 0. The first-order chi connectivity index (χ1) is 10.8. The van der Waals surface area contributed by atoms with Crippen LogP contribution >= 0.6 is 0 Å². The fourth-order valence-corrected chi connectivity index (χ4v) is 2.16. The van der Waals surface area contributed by atoms with E-state index >= 15 is 0 Å². The number of oxazole rings is 1. The summed E-state index contributed by atoms with van der Waals surface area (Å²) in [6.45, 7) is 6.64. The molecule has 2 heterocycles. The summed E-state index contributed by atoms with van der Waals surface area (Å²) in [7, 11) is 1.28. The molecular formula is C16H22N2O5. The van der Waals surface area contributed by atoms with Gasteiger partial charge in [-0.25, -0.2) is 14.6 Å². The molecule has 126 valence electrons. The van der Waals surface area contributed by atoms with Crippen LogP contribution in [0.2, 0.25) is 0 Å². The molecule has 1 aliphatic heterocycles. The zero-order valence-corrected chi connectivity index (χ0v) is 13.9. The highest BCUT2D eigenvalue weighted by Gasteiger charge is 2.24. The van der Waals surface area contributed by atoms with E-state index in [0.29, 0.717) is 25.3 Å². The molecule has 0 saturated carbocycles. The third kappa shape index (κ3) is 4.84. The van der Waals surface area contributed by atoms with Crippen LogP contribution < -0.4 is 0 Å². The van der Waals surface area contributed by atoms with E-state index < -0.39 is 11.6 Å². The summed E-state index contributed by atoms with van der Waals surface area (Å²) in [4.78, 5) is 28.8. The van der Waals surface area contributed by atoms with Crippen molar-refractivity contribution in [2.45, 2.75) is 39.2 Å². The van der Waals surface area contributed by atoms with Crippen LogP contribution in [0.3, 0.4) is 0 Å². The van der Waals surface area contributed by atoms with Crippen molar-refractivity contribution in [3.63, 3.8) is 0 Å². The van der Waals surface area contributed by atoms with E-state index in [-0.39, 0.29) is 12.0 Å². The molecule has 7 nitrogen and oxygen atoms in total. The van der Waals surface area contributed by atoms with Crippen molar-refractivity contribution < 1.29 is 23.5 Å². The monoisotopic (exact) mass is 322 g/mol. The van der Waals surface area contributed by atoms with Gasteiger partial charge in [0.2, 0.25) is 0 Å². The number of methoxy groups -OCH3 is 1. The lowest BCUT2D eigenvalue weighted by molar-refractivity contribution is 0.0265. The lowest BCUT2D eigenvalue weighted by atomic mass is 10.0. The maximum atomic E-state index is 12.0. The lowest BCUT2D eigenvalue weighted by Crippen LogP contribution is -2.39. The smallest absolute Gasteiger partial charge is 0.410 e. The molecular weight excluding hydrogens is 300 g/mol. The van der Waals surface area contributed by atoms with Crippen molar-refractivity contribution in [2.24, 2.45) is 0 Å². The maximum absolute atomic E-state index is 12.0. The Morgan fingerprint density at radius 3 is 2.70 bits per heavy atom. The number of hydrogen-bond acceptors (Lipinski definition) is 6. The number of amides is 1. The van der Waals surface area contributed by atoms with E-state index in [1.54, 1.807) is 4.90 Å². The quantitative estimate of drug-likeness (QED) is 0.628. The number of nitrogens with zero attached hydrogens (tertiary/aromatic N) is 2. The predicted molar refractivity (Wildman–Crippen MR) is 82.1 cm³/mol. The van der Waals surface area contributed by atoms with E-state index in [1.165, 1.54) is 13.3 Å². The van der Waals surface area contributed by atoms with Crippen LogP contribution in [0, 0.1) is 0 Å². The summed E-state index contributed by atoms with van der Waals surface area (Å²) in [6, 6.07) is 0. The molecule has 0 saturated heterocycles. The summed E-state index contributed by atoms with van der Waals surface area (Å²) < 4.78 is 15.2. The van der Waals surface area contributed by atoms with Crippen molar-refractivity contribution in [3.8, 4) is 0 Å². The maximum Gasteiger partial charge on any atom is 0.410 e. The number of esters is 1. The number of aromatic nitrogens is 1. The number of hydrogen-bond donors (Lipinski definition) is 0. The first-order valence-electron chi connectivity index (χ1n) is 7.47. The van der Waals surface area contributed by atoms with Gasteiger partial charge in [0.25, 0.3) is 0 Å². The van der Waals surface area contributed by atoms with E-state index in [9.17, 15) is 9.59 Å². The van der Waals surface area contributed by atoms with Crippen molar-refractivity contribution in [3.05, 3.63) is 29.5 Å². The van der Waals surface area contributed by atoms with Gasteiger partial charge in [-0.2, -0.15) is 0 Å². The van der Waals surface area contributed by atoms with Gasteiger partial charge >= 0.3 is 18.0 Å². The fraction of sp³-hybridized carbons (Fsp3) is 0.562. The van der Waals surface area contributed by atoms with E-state index in [0.717, 1.165) is 12.0 Å². The Bertz CT molecular complexity index is 612.